The van der Waals surface area contributed by atoms with Crippen LogP contribution in [-0.2, 0) is 0 Å². The van der Waals surface area contributed by atoms with Crippen molar-refractivity contribution < 1.29 is 4.79 Å². The van der Waals surface area contributed by atoms with E-state index in [1.165, 1.54) is 49.5 Å². The number of fused-ring (bicyclic) bond motifs is 8. The van der Waals surface area contributed by atoms with Gasteiger partial charge in [0, 0.05) is 0 Å². The molecule has 0 atom stereocenters. The van der Waals surface area contributed by atoms with Gasteiger partial charge in [-0.15, -0.1) is 0 Å². The maximum absolute atomic E-state index is 14.6. The standard InChI is InChI=1S/C37H22INO/c40-37-26-18-8-11-21-29(26)38-28-20-10-7-17-25(28)33-31(23-13-3-1-4-14-23)32(24-15-5-2-6-16-24)34-27-19-9-12-22-30(27)39(37)36(34)35(33)38/h1-22H. The van der Waals surface area contributed by atoms with Crippen LogP contribution in [0.3, 0.4) is 0 Å². The van der Waals surface area contributed by atoms with Crippen molar-refractivity contribution in [3.8, 4) is 33.4 Å². The van der Waals surface area contributed by atoms with E-state index in [0.717, 1.165) is 22.0 Å². The summed E-state index contributed by atoms with van der Waals surface area (Å²) in [6, 6.07) is 47.4. The van der Waals surface area contributed by atoms with Crippen LogP contribution >= 0.6 is 19.8 Å². The molecule has 0 unspecified atom stereocenters. The number of para-hydroxylation sites is 1. The maximum atomic E-state index is 14.6. The van der Waals surface area contributed by atoms with E-state index < -0.39 is 19.8 Å². The first-order valence-electron chi connectivity index (χ1n) is 13.5. The van der Waals surface area contributed by atoms with Crippen LogP contribution in [0.5, 0.6) is 0 Å². The Balaban J connectivity index is 1.64. The molecular weight excluding hydrogens is 601 g/mol. The average molecular weight is 623 g/mol. The van der Waals surface area contributed by atoms with Gasteiger partial charge in [-0.3, -0.25) is 0 Å². The van der Waals surface area contributed by atoms with Crippen molar-refractivity contribution in [2.24, 2.45) is 0 Å². The summed E-state index contributed by atoms with van der Waals surface area (Å²) in [5.74, 6) is 0.0830. The van der Waals surface area contributed by atoms with Crippen molar-refractivity contribution in [3.63, 3.8) is 0 Å². The van der Waals surface area contributed by atoms with Gasteiger partial charge in [-0.05, 0) is 0 Å². The Hall–Kier alpha value is -4.48. The van der Waals surface area contributed by atoms with Crippen molar-refractivity contribution in [1.29, 1.82) is 0 Å². The van der Waals surface area contributed by atoms with Gasteiger partial charge in [0.15, 0.2) is 0 Å². The van der Waals surface area contributed by atoms with Crippen LogP contribution in [0.4, 0.5) is 0 Å². The summed E-state index contributed by atoms with van der Waals surface area (Å²) in [6.45, 7) is 0. The van der Waals surface area contributed by atoms with E-state index in [2.05, 4.69) is 121 Å². The van der Waals surface area contributed by atoms with Gasteiger partial charge in [0.25, 0.3) is 0 Å². The van der Waals surface area contributed by atoms with Crippen LogP contribution in [0.25, 0.3) is 55.2 Å². The SMILES string of the molecule is O=C1c2ccccc2I2c3ccccc3-c3c(-c4ccccc4)c(-c4ccccc4)c4c5ccccc5n1c4c32. The fourth-order valence-corrected chi connectivity index (χ4v) is 13.7. The second-order valence-corrected chi connectivity index (χ2v) is 15.3. The van der Waals surface area contributed by atoms with Crippen LogP contribution in [0.2, 0.25) is 0 Å². The Kier molecular flexibility index (Phi) is 4.62. The Bertz CT molecular complexity index is 2180. The number of carbonyl (C=O) groups excluding carboxylic acids is 1. The number of aromatic nitrogens is 1. The molecule has 0 amide bonds. The Morgan fingerprint density at radius 2 is 1.05 bits per heavy atom. The summed E-state index contributed by atoms with van der Waals surface area (Å²) >= 11 is -2.23. The minimum atomic E-state index is -2.23. The van der Waals surface area contributed by atoms with E-state index in [1.807, 2.05) is 16.7 Å². The van der Waals surface area contributed by atoms with Crippen LogP contribution in [0.15, 0.2) is 133 Å². The fraction of sp³-hybridized carbons (Fsp3) is 0. The first kappa shape index (κ1) is 22.3. The van der Waals surface area contributed by atoms with Gasteiger partial charge in [0.1, 0.15) is 0 Å². The zero-order valence-electron chi connectivity index (χ0n) is 21.4. The van der Waals surface area contributed by atoms with Gasteiger partial charge in [-0.1, -0.05) is 0 Å². The van der Waals surface area contributed by atoms with E-state index >= 15 is 0 Å². The molecule has 1 aromatic heterocycles. The number of benzene rings is 6. The molecule has 3 heterocycles. The van der Waals surface area contributed by atoms with Gasteiger partial charge in [0.2, 0.25) is 0 Å². The zero-order valence-corrected chi connectivity index (χ0v) is 23.6. The molecule has 9 rings (SSSR count). The first-order valence-corrected chi connectivity index (χ1v) is 16.7. The van der Waals surface area contributed by atoms with Crippen molar-refractivity contribution in [2.45, 2.75) is 0 Å². The van der Waals surface area contributed by atoms with Crippen molar-refractivity contribution >= 4 is 47.5 Å². The number of hydrogen-bond donors (Lipinski definition) is 0. The number of halogens is 1. The van der Waals surface area contributed by atoms with Gasteiger partial charge >= 0.3 is 240 Å². The van der Waals surface area contributed by atoms with E-state index in [0.29, 0.717) is 0 Å². The molecule has 2 nitrogen and oxygen atoms in total. The van der Waals surface area contributed by atoms with E-state index in [9.17, 15) is 4.79 Å². The second-order valence-electron chi connectivity index (χ2n) is 10.3. The quantitative estimate of drug-likeness (QED) is 0.176. The van der Waals surface area contributed by atoms with Crippen molar-refractivity contribution in [1.82, 2.24) is 4.57 Å². The average Bonchev–Trinajstić information content (AvgIpc) is 3.51. The third-order valence-corrected chi connectivity index (χ3v) is 14.6. The number of rotatable bonds is 2. The predicted octanol–water partition coefficient (Wildman–Crippen LogP) is 9.53. The topological polar surface area (TPSA) is 22.0 Å². The molecular formula is C37H22INO. The van der Waals surface area contributed by atoms with Crippen LogP contribution in [-0.4, -0.2) is 10.5 Å². The predicted molar refractivity (Wildman–Crippen MR) is 172 cm³/mol. The summed E-state index contributed by atoms with van der Waals surface area (Å²) in [5, 5.41) is 2.33. The zero-order chi connectivity index (χ0) is 26.4. The molecule has 40 heavy (non-hydrogen) atoms. The summed E-state index contributed by atoms with van der Waals surface area (Å²) in [7, 11) is 0. The Labute approximate surface area is 238 Å². The molecule has 2 aliphatic rings. The molecule has 3 heteroatoms. The Morgan fingerprint density at radius 3 is 1.77 bits per heavy atom. The molecule has 6 aromatic carbocycles. The minimum absolute atomic E-state index is 0.0830. The second kappa shape index (κ2) is 8.26. The molecule has 7 aromatic rings. The van der Waals surface area contributed by atoms with E-state index in [1.54, 1.807) is 0 Å². The molecule has 0 saturated carbocycles. The van der Waals surface area contributed by atoms with Crippen molar-refractivity contribution in [2.75, 3.05) is 0 Å². The van der Waals surface area contributed by atoms with Crippen LogP contribution in [0, 0.1) is 10.7 Å². The van der Waals surface area contributed by atoms with E-state index in [-0.39, 0.29) is 5.91 Å². The van der Waals surface area contributed by atoms with Gasteiger partial charge in [0.05, 0.1) is 0 Å². The van der Waals surface area contributed by atoms with Gasteiger partial charge < -0.3 is 0 Å². The summed E-state index contributed by atoms with van der Waals surface area (Å²) in [5.41, 5.74) is 10.4. The fourth-order valence-electron chi connectivity index (χ4n) is 6.68. The summed E-state index contributed by atoms with van der Waals surface area (Å²) in [6.07, 6.45) is 0. The molecule has 0 spiro atoms. The molecule has 0 saturated heterocycles. The van der Waals surface area contributed by atoms with Crippen LogP contribution < -0.4 is 0 Å². The van der Waals surface area contributed by atoms with Gasteiger partial charge in [-0.2, -0.15) is 0 Å². The Morgan fingerprint density at radius 1 is 0.500 bits per heavy atom. The third-order valence-electron chi connectivity index (χ3n) is 8.22. The number of carbonyl (C=O) groups is 1. The molecule has 0 aliphatic carbocycles. The molecule has 0 N–H and O–H groups in total. The number of nitrogens with zero attached hydrogens (tertiary/aromatic N) is 1. The molecule has 0 radical (unpaired) electrons. The van der Waals surface area contributed by atoms with Crippen molar-refractivity contribution in [3.05, 3.63) is 150 Å². The number of hydrogen-bond acceptors (Lipinski definition) is 1. The molecule has 0 fully saturated rings. The normalized spacial score (nSPS) is 13.9. The summed E-state index contributed by atoms with van der Waals surface area (Å²) < 4.78 is 6.11. The van der Waals surface area contributed by atoms with Gasteiger partial charge in [-0.25, -0.2) is 0 Å². The third kappa shape index (κ3) is 2.80. The molecule has 0 bridgehead atoms. The monoisotopic (exact) mass is 623 g/mol. The molecule has 2 aliphatic heterocycles. The molecule has 188 valence electrons. The first-order chi connectivity index (χ1) is 19.8. The van der Waals surface area contributed by atoms with E-state index in [4.69, 9.17) is 0 Å². The summed E-state index contributed by atoms with van der Waals surface area (Å²) in [4.78, 5) is 14.6. The van der Waals surface area contributed by atoms with Crippen LogP contribution in [0.1, 0.15) is 10.4 Å².